The fraction of sp³-hybridized carbons (Fsp3) is 0.200. The number of thiazole rings is 1. The number of hydrogen-bond acceptors (Lipinski definition) is 5. The van der Waals surface area contributed by atoms with Gasteiger partial charge in [-0.1, -0.05) is 0 Å². The van der Waals surface area contributed by atoms with Crippen molar-refractivity contribution in [1.82, 2.24) is 4.98 Å². The lowest BCUT2D eigenvalue weighted by Crippen LogP contribution is -2.13. The summed E-state index contributed by atoms with van der Waals surface area (Å²) in [6.45, 7) is 0. The number of carbonyl (C=O) groups excluding carboxylic acids is 1. The zero-order valence-electron chi connectivity index (χ0n) is 5.83. The minimum absolute atomic E-state index is 0.0926. The number of carbonyl (C=O) groups is 1. The molecule has 1 heterocycles. The van der Waals surface area contributed by atoms with Crippen LogP contribution in [0.5, 0.6) is 0 Å². The molecule has 2 N–H and O–H groups in total. The van der Waals surface area contributed by atoms with Crippen molar-refractivity contribution in [2.75, 3.05) is 12.8 Å². The summed E-state index contributed by atoms with van der Waals surface area (Å²) in [6, 6.07) is 0. The Morgan fingerprint density at radius 3 is 2.82 bits per heavy atom. The van der Waals surface area contributed by atoms with Crippen molar-refractivity contribution < 1.29 is 9.53 Å². The minimum Gasteiger partial charge on any atom is -0.464 e. The summed E-state index contributed by atoms with van der Waals surface area (Å²) in [5, 5.41) is 0.267. The molecule has 0 aromatic carbocycles. The number of nitrogens with two attached hydrogens (primary N) is 1. The van der Waals surface area contributed by atoms with Crippen LogP contribution in [0.2, 0.25) is 0 Å². The number of rotatable bonds is 1. The molecule has 1 aromatic rings. The quantitative estimate of drug-likeness (QED) is 0.445. The molecule has 1 aromatic heterocycles. The molecular weight excluding hydrogens is 163 g/mol. The van der Waals surface area contributed by atoms with Gasteiger partial charge in [-0.15, -0.1) is 11.3 Å². The van der Waals surface area contributed by atoms with Crippen LogP contribution in [0.3, 0.4) is 0 Å². The molecule has 0 aliphatic rings. The second kappa shape index (κ2) is 2.92. The highest BCUT2D eigenvalue weighted by molar-refractivity contribution is 7.23. The Hall–Kier alpha value is -1.04. The first-order valence-corrected chi connectivity index (χ1v) is 3.57. The number of ether oxygens (including phenoxy) is 1. The summed E-state index contributed by atoms with van der Waals surface area (Å²) in [5.74, 6) is -0.560. The lowest BCUT2D eigenvalue weighted by atomic mass is 10.1. The highest BCUT2D eigenvalue weighted by Gasteiger charge is 2.13. The number of nitrogens with zero attached hydrogens (tertiary/aromatic N) is 1. The zero-order valence-corrected chi connectivity index (χ0v) is 6.64. The summed E-state index contributed by atoms with van der Waals surface area (Å²) >= 11 is 1.06. The number of aromatic nitrogens is 1. The Balaban J connectivity index is 3.03. The predicted molar refractivity (Wildman–Crippen MR) is 43.3 cm³/mol. The van der Waals surface area contributed by atoms with Gasteiger partial charge in [0.15, 0.2) is 10.8 Å². The van der Waals surface area contributed by atoms with E-state index in [1.807, 2.05) is 0 Å². The van der Waals surface area contributed by atoms with Gasteiger partial charge in [-0.25, -0.2) is 9.78 Å². The number of methoxy groups -OCH3 is 1. The molecule has 4 nitrogen and oxygen atoms in total. The number of anilines is 1. The average molecular weight is 168 g/mol. The van der Waals surface area contributed by atoms with Crippen LogP contribution in [0.1, 0.15) is 10.5 Å². The van der Waals surface area contributed by atoms with Crippen LogP contribution in [0.25, 0.3) is 0 Å². The van der Waals surface area contributed by atoms with E-state index in [4.69, 9.17) is 13.6 Å². The first kappa shape index (κ1) is 8.07. The molecule has 0 amide bonds. The van der Waals surface area contributed by atoms with E-state index in [0.717, 1.165) is 11.3 Å². The third-order valence-electron chi connectivity index (χ3n) is 1.05. The van der Waals surface area contributed by atoms with Gasteiger partial charge >= 0.3 is 5.97 Å². The molecule has 0 spiro atoms. The van der Waals surface area contributed by atoms with E-state index in [0.29, 0.717) is 0 Å². The molecule has 56 valence electrons. The van der Waals surface area contributed by atoms with E-state index in [9.17, 15) is 4.79 Å². The van der Waals surface area contributed by atoms with Crippen LogP contribution in [-0.2, 0) is 4.74 Å². The molecule has 0 aliphatic heterocycles. The molecule has 11 heavy (non-hydrogen) atoms. The summed E-state index contributed by atoms with van der Waals surface area (Å²) < 4.78 is 4.69. The van der Waals surface area contributed by atoms with E-state index in [1.54, 1.807) is 0 Å². The first-order chi connectivity index (χ1) is 5.15. The second-order valence-electron chi connectivity index (χ2n) is 1.76. The fourth-order valence-corrected chi connectivity index (χ4v) is 1.18. The monoisotopic (exact) mass is 168 g/mol. The molecule has 0 atom stereocenters. The van der Waals surface area contributed by atoms with Crippen molar-refractivity contribution in [2.45, 2.75) is 0 Å². The normalized spacial score (nSPS) is 9.55. The van der Waals surface area contributed by atoms with Crippen LogP contribution < -0.4 is 10.5 Å². The fourth-order valence-electron chi connectivity index (χ4n) is 0.592. The van der Waals surface area contributed by atoms with Crippen LogP contribution in [0.15, 0.2) is 0 Å². The highest BCUT2D eigenvalue weighted by Crippen LogP contribution is 2.07. The van der Waals surface area contributed by atoms with Crippen LogP contribution in [0.4, 0.5) is 5.13 Å². The van der Waals surface area contributed by atoms with Crippen LogP contribution in [-0.4, -0.2) is 25.9 Å². The van der Waals surface area contributed by atoms with Crippen molar-refractivity contribution in [2.24, 2.45) is 0 Å². The third-order valence-corrected chi connectivity index (χ3v) is 1.76. The van der Waals surface area contributed by atoms with Crippen molar-refractivity contribution in [3.05, 3.63) is 5.69 Å². The van der Waals surface area contributed by atoms with Gasteiger partial charge in [0.05, 0.1) is 7.11 Å². The van der Waals surface area contributed by atoms with Gasteiger partial charge in [-0.2, -0.15) is 0 Å². The highest BCUT2D eigenvalue weighted by atomic mass is 32.1. The Bertz CT molecular complexity index is 286. The molecular formula is C5H5BN2O2S. The Morgan fingerprint density at radius 2 is 2.45 bits per heavy atom. The van der Waals surface area contributed by atoms with E-state index >= 15 is 0 Å². The van der Waals surface area contributed by atoms with Gasteiger partial charge in [0, 0.05) is 0 Å². The smallest absolute Gasteiger partial charge is 0.356 e. The van der Waals surface area contributed by atoms with Crippen molar-refractivity contribution >= 4 is 35.1 Å². The number of esters is 1. The maximum atomic E-state index is 10.8. The van der Waals surface area contributed by atoms with Crippen LogP contribution in [0, 0.1) is 0 Å². The number of hydrogen-bond donors (Lipinski definition) is 1. The van der Waals surface area contributed by atoms with Crippen molar-refractivity contribution in [3.63, 3.8) is 0 Å². The summed E-state index contributed by atoms with van der Waals surface area (Å²) in [5.41, 5.74) is 5.38. The van der Waals surface area contributed by atoms with Crippen LogP contribution >= 0.6 is 11.3 Å². The molecule has 0 saturated carbocycles. The zero-order chi connectivity index (χ0) is 8.43. The molecule has 0 saturated heterocycles. The van der Waals surface area contributed by atoms with Gasteiger partial charge < -0.3 is 10.5 Å². The van der Waals surface area contributed by atoms with Crippen molar-refractivity contribution in [1.29, 1.82) is 0 Å². The van der Waals surface area contributed by atoms with Gasteiger partial charge in [0.2, 0.25) is 0 Å². The Kier molecular flexibility index (Phi) is 2.14. The second-order valence-corrected chi connectivity index (χ2v) is 2.82. The van der Waals surface area contributed by atoms with E-state index < -0.39 is 5.97 Å². The van der Waals surface area contributed by atoms with Gasteiger partial charge in [0.25, 0.3) is 0 Å². The van der Waals surface area contributed by atoms with Crippen molar-refractivity contribution in [3.8, 4) is 0 Å². The number of nitrogen functional groups attached to an aromatic ring is 1. The third kappa shape index (κ3) is 1.51. The lowest BCUT2D eigenvalue weighted by molar-refractivity contribution is 0.0596. The van der Waals surface area contributed by atoms with E-state index in [-0.39, 0.29) is 15.6 Å². The molecule has 0 fully saturated rings. The Labute approximate surface area is 68.8 Å². The van der Waals surface area contributed by atoms with Gasteiger partial charge in [0.1, 0.15) is 7.85 Å². The molecule has 6 heteroatoms. The van der Waals surface area contributed by atoms with Gasteiger partial charge in [-0.05, 0) is 4.78 Å². The molecule has 0 aliphatic carbocycles. The first-order valence-electron chi connectivity index (χ1n) is 2.75. The summed E-state index contributed by atoms with van der Waals surface area (Å²) in [6.07, 6.45) is 0. The SMILES string of the molecule is [B]c1sc(N)nc1C(=O)OC. The standard InChI is InChI=1S/C5H5BN2O2S/c1-10-4(9)2-3(6)11-5(7)8-2/h1H3,(H2,7,8). The largest absolute Gasteiger partial charge is 0.464 e. The summed E-state index contributed by atoms with van der Waals surface area (Å²) in [7, 11) is 6.65. The predicted octanol–water partition coefficient (Wildman–Crippen LogP) is -0.694. The summed E-state index contributed by atoms with van der Waals surface area (Å²) in [4.78, 5) is 14.5. The minimum atomic E-state index is -0.560. The molecule has 0 unspecified atom stereocenters. The van der Waals surface area contributed by atoms with Gasteiger partial charge in [-0.3, -0.25) is 0 Å². The topological polar surface area (TPSA) is 65.2 Å². The lowest BCUT2D eigenvalue weighted by Gasteiger charge is -1.93. The maximum Gasteiger partial charge on any atom is 0.356 e. The average Bonchev–Trinajstić information content (AvgIpc) is 2.28. The van der Waals surface area contributed by atoms with E-state index in [1.165, 1.54) is 7.11 Å². The molecule has 2 radical (unpaired) electrons. The van der Waals surface area contributed by atoms with E-state index in [2.05, 4.69) is 9.72 Å². The Morgan fingerprint density at radius 1 is 1.82 bits per heavy atom. The molecule has 0 bridgehead atoms. The maximum absolute atomic E-state index is 10.8. The molecule has 1 rings (SSSR count).